The van der Waals surface area contributed by atoms with Gasteiger partial charge in [-0.05, 0) is 30.3 Å². The van der Waals surface area contributed by atoms with Gasteiger partial charge < -0.3 is 20.1 Å². The largest absolute Gasteiger partial charge is 0.493 e. The van der Waals surface area contributed by atoms with Crippen molar-refractivity contribution in [3.8, 4) is 17.2 Å². The van der Waals surface area contributed by atoms with Crippen LogP contribution in [-0.2, 0) is 0 Å². The second-order valence-corrected chi connectivity index (χ2v) is 4.71. The molecule has 2 N–H and O–H groups in total. The Hall–Kier alpha value is -2.69. The van der Waals surface area contributed by atoms with E-state index in [1.807, 2.05) is 12.1 Å². The molecule has 0 aliphatic heterocycles. The van der Waals surface area contributed by atoms with Crippen LogP contribution < -0.4 is 15.2 Å². The highest BCUT2D eigenvalue weighted by Gasteiger charge is 2.12. The maximum absolute atomic E-state index is 11.9. The molecule has 2 aromatic carbocycles. The van der Waals surface area contributed by atoms with Crippen LogP contribution in [0.5, 0.6) is 17.2 Å². The first-order chi connectivity index (χ1) is 10.0. The van der Waals surface area contributed by atoms with Crippen molar-refractivity contribution >= 4 is 11.6 Å². The molecule has 110 valence electrons. The Labute approximate surface area is 123 Å². The smallest absolute Gasteiger partial charge is 0.253 e. The Morgan fingerprint density at radius 1 is 1.05 bits per heavy atom. The molecule has 0 aliphatic rings. The van der Waals surface area contributed by atoms with Gasteiger partial charge in [-0.15, -0.1) is 0 Å². The van der Waals surface area contributed by atoms with Gasteiger partial charge in [-0.3, -0.25) is 4.79 Å². The highest BCUT2D eigenvalue weighted by Crippen LogP contribution is 2.34. The highest BCUT2D eigenvalue weighted by atomic mass is 16.5. The number of nitrogens with zero attached hydrogens (tertiary/aromatic N) is 1. The van der Waals surface area contributed by atoms with Gasteiger partial charge in [0.2, 0.25) is 0 Å². The zero-order valence-corrected chi connectivity index (χ0v) is 12.3. The molecule has 2 aromatic rings. The molecule has 0 aromatic heterocycles. The van der Waals surface area contributed by atoms with E-state index in [1.165, 1.54) is 4.90 Å². The van der Waals surface area contributed by atoms with Crippen molar-refractivity contribution in [2.24, 2.45) is 0 Å². The fourth-order valence-corrected chi connectivity index (χ4v) is 1.85. The van der Waals surface area contributed by atoms with Crippen LogP contribution in [0.25, 0.3) is 0 Å². The maximum Gasteiger partial charge on any atom is 0.253 e. The van der Waals surface area contributed by atoms with E-state index in [0.717, 1.165) is 0 Å². The Bertz CT molecular complexity index is 654. The van der Waals surface area contributed by atoms with Crippen molar-refractivity contribution in [2.75, 3.05) is 26.9 Å². The summed E-state index contributed by atoms with van der Waals surface area (Å²) in [6.45, 7) is 0. The SMILES string of the molecule is COc1ccccc1Oc1ccc(C(=O)N(C)C)cc1N. The number of methoxy groups -OCH3 is 1. The van der Waals surface area contributed by atoms with Gasteiger partial charge in [0.15, 0.2) is 17.2 Å². The average molecular weight is 286 g/mol. The number of hydrogen-bond acceptors (Lipinski definition) is 4. The molecule has 0 spiro atoms. The Morgan fingerprint density at radius 2 is 1.71 bits per heavy atom. The van der Waals surface area contributed by atoms with Gasteiger partial charge in [0, 0.05) is 19.7 Å². The summed E-state index contributed by atoms with van der Waals surface area (Å²) in [6.07, 6.45) is 0. The lowest BCUT2D eigenvalue weighted by Gasteiger charge is -2.14. The standard InChI is InChI=1S/C16H18N2O3/c1-18(2)16(19)11-8-9-13(12(17)10-11)21-15-7-5-4-6-14(15)20-3/h4-10H,17H2,1-3H3. The van der Waals surface area contributed by atoms with Gasteiger partial charge in [-0.1, -0.05) is 12.1 Å². The van der Waals surface area contributed by atoms with Crippen molar-refractivity contribution in [1.82, 2.24) is 4.90 Å². The summed E-state index contributed by atoms with van der Waals surface area (Å²) in [5.41, 5.74) is 6.88. The third-order valence-electron chi connectivity index (χ3n) is 2.95. The van der Waals surface area contributed by atoms with E-state index in [-0.39, 0.29) is 5.91 Å². The topological polar surface area (TPSA) is 64.8 Å². The molecule has 1 amide bonds. The lowest BCUT2D eigenvalue weighted by Crippen LogP contribution is -2.21. The van der Waals surface area contributed by atoms with Gasteiger partial charge in [0.25, 0.3) is 5.91 Å². The van der Waals surface area contributed by atoms with E-state index in [4.69, 9.17) is 15.2 Å². The predicted octanol–water partition coefficient (Wildman–Crippen LogP) is 2.77. The molecule has 0 radical (unpaired) electrons. The lowest BCUT2D eigenvalue weighted by molar-refractivity contribution is 0.0827. The van der Waals surface area contributed by atoms with Gasteiger partial charge in [0.05, 0.1) is 12.8 Å². The Balaban J connectivity index is 2.28. The molecule has 0 aliphatic carbocycles. The summed E-state index contributed by atoms with van der Waals surface area (Å²) >= 11 is 0. The van der Waals surface area contributed by atoms with Crippen LogP contribution in [0.4, 0.5) is 5.69 Å². The third kappa shape index (κ3) is 3.25. The van der Waals surface area contributed by atoms with Crippen LogP contribution >= 0.6 is 0 Å². The second kappa shape index (κ2) is 6.17. The first-order valence-electron chi connectivity index (χ1n) is 6.45. The van der Waals surface area contributed by atoms with Crippen molar-refractivity contribution in [1.29, 1.82) is 0 Å². The molecule has 0 saturated heterocycles. The van der Waals surface area contributed by atoms with Crippen LogP contribution in [-0.4, -0.2) is 32.0 Å². The van der Waals surface area contributed by atoms with Gasteiger partial charge in [-0.2, -0.15) is 0 Å². The van der Waals surface area contributed by atoms with E-state index >= 15 is 0 Å². The van der Waals surface area contributed by atoms with Crippen molar-refractivity contribution in [3.63, 3.8) is 0 Å². The van der Waals surface area contributed by atoms with Gasteiger partial charge >= 0.3 is 0 Å². The first kappa shape index (κ1) is 14.7. The van der Waals surface area contributed by atoms with E-state index in [2.05, 4.69) is 0 Å². The molecule has 0 unspecified atom stereocenters. The van der Waals surface area contributed by atoms with Crippen LogP contribution in [0.3, 0.4) is 0 Å². The summed E-state index contributed by atoms with van der Waals surface area (Å²) in [6, 6.07) is 12.3. The first-order valence-corrected chi connectivity index (χ1v) is 6.45. The number of nitrogens with two attached hydrogens (primary N) is 1. The number of anilines is 1. The van der Waals surface area contributed by atoms with Crippen molar-refractivity contribution in [2.45, 2.75) is 0 Å². The fraction of sp³-hybridized carbons (Fsp3) is 0.188. The molecule has 21 heavy (non-hydrogen) atoms. The van der Waals surface area contributed by atoms with E-state index < -0.39 is 0 Å². The summed E-state index contributed by atoms with van der Waals surface area (Å²) in [4.78, 5) is 13.4. The van der Waals surface area contributed by atoms with Crippen molar-refractivity contribution in [3.05, 3.63) is 48.0 Å². The van der Waals surface area contributed by atoms with Crippen LogP contribution in [0.1, 0.15) is 10.4 Å². The zero-order chi connectivity index (χ0) is 15.4. The molecule has 2 rings (SSSR count). The molecule has 0 bridgehead atoms. The minimum absolute atomic E-state index is 0.106. The van der Waals surface area contributed by atoms with E-state index in [9.17, 15) is 4.79 Å². The number of nitrogen functional groups attached to an aromatic ring is 1. The molecular weight excluding hydrogens is 268 g/mol. The summed E-state index contributed by atoms with van der Waals surface area (Å²) in [7, 11) is 4.96. The lowest BCUT2D eigenvalue weighted by atomic mass is 10.1. The number of para-hydroxylation sites is 2. The molecule has 0 fully saturated rings. The number of rotatable bonds is 4. The molecule has 5 nitrogen and oxygen atoms in total. The fourth-order valence-electron chi connectivity index (χ4n) is 1.85. The molecular formula is C16H18N2O3. The van der Waals surface area contributed by atoms with Gasteiger partial charge in [-0.25, -0.2) is 0 Å². The van der Waals surface area contributed by atoms with E-state index in [0.29, 0.717) is 28.5 Å². The summed E-state index contributed by atoms with van der Waals surface area (Å²) in [5.74, 6) is 1.56. The van der Waals surface area contributed by atoms with Crippen LogP contribution in [0.15, 0.2) is 42.5 Å². The molecule has 0 heterocycles. The monoisotopic (exact) mass is 286 g/mol. The van der Waals surface area contributed by atoms with Gasteiger partial charge in [0.1, 0.15) is 0 Å². The maximum atomic E-state index is 11.9. The minimum Gasteiger partial charge on any atom is -0.493 e. The Kier molecular flexibility index (Phi) is 4.33. The number of carbonyl (C=O) groups is 1. The molecule has 0 saturated carbocycles. The minimum atomic E-state index is -0.106. The van der Waals surface area contributed by atoms with Crippen LogP contribution in [0, 0.1) is 0 Å². The number of hydrogen-bond donors (Lipinski definition) is 1. The van der Waals surface area contributed by atoms with E-state index in [1.54, 1.807) is 51.5 Å². The Morgan fingerprint density at radius 3 is 2.29 bits per heavy atom. The summed E-state index contributed by atoms with van der Waals surface area (Å²) in [5, 5.41) is 0. The van der Waals surface area contributed by atoms with Crippen molar-refractivity contribution < 1.29 is 14.3 Å². The zero-order valence-electron chi connectivity index (χ0n) is 12.3. The molecule has 0 atom stereocenters. The summed E-state index contributed by atoms with van der Waals surface area (Å²) < 4.78 is 11.0. The number of ether oxygens (including phenoxy) is 2. The third-order valence-corrected chi connectivity index (χ3v) is 2.95. The average Bonchev–Trinajstić information content (AvgIpc) is 2.49. The normalized spacial score (nSPS) is 10.0. The van der Waals surface area contributed by atoms with Crippen LogP contribution in [0.2, 0.25) is 0 Å². The quantitative estimate of drug-likeness (QED) is 0.878. The number of amides is 1. The highest BCUT2D eigenvalue weighted by molar-refractivity contribution is 5.95. The predicted molar refractivity (Wildman–Crippen MR) is 81.9 cm³/mol. The molecule has 5 heteroatoms. The number of benzene rings is 2. The second-order valence-electron chi connectivity index (χ2n) is 4.71. The number of carbonyl (C=O) groups excluding carboxylic acids is 1.